The lowest BCUT2D eigenvalue weighted by atomic mass is 9.98. The first-order valence-corrected chi connectivity index (χ1v) is 10.6. The van der Waals surface area contributed by atoms with E-state index >= 15 is 0 Å². The normalized spacial score (nSPS) is 15.9. The zero-order chi connectivity index (χ0) is 19.6. The Bertz CT molecular complexity index is 1030. The van der Waals surface area contributed by atoms with E-state index in [4.69, 9.17) is 4.42 Å². The Morgan fingerprint density at radius 1 is 1.04 bits per heavy atom. The molecule has 0 saturated carbocycles. The third-order valence-electron chi connectivity index (χ3n) is 5.06. The lowest BCUT2D eigenvalue weighted by Crippen LogP contribution is -2.40. The van der Waals surface area contributed by atoms with E-state index in [2.05, 4.69) is 21.8 Å². The van der Waals surface area contributed by atoms with Crippen LogP contribution in [0.5, 0.6) is 0 Å². The highest BCUT2D eigenvalue weighted by molar-refractivity contribution is 7.89. The quantitative estimate of drug-likeness (QED) is 0.688. The van der Waals surface area contributed by atoms with Crippen molar-refractivity contribution in [1.82, 2.24) is 9.62 Å². The third-order valence-corrected chi connectivity index (χ3v) is 6.50. The average molecular weight is 400 g/mol. The molecule has 0 radical (unpaired) electrons. The number of hydrogen-bond donors (Lipinski definition) is 1. The lowest BCUT2D eigenvalue weighted by Gasteiger charge is -2.34. The fourth-order valence-electron chi connectivity index (χ4n) is 3.56. The van der Waals surface area contributed by atoms with Crippen molar-refractivity contribution in [3.05, 3.63) is 89.6 Å². The smallest absolute Gasteiger partial charge is 0.240 e. The number of benzene rings is 2. The molecule has 0 aliphatic carbocycles. The maximum Gasteiger partial charge on any atom is 0.240 e. The molecule has 3 aromatic rings. The van der Waals surface area contributed by atoms with Crippen LogP contribution in [0.25, 0.3) is 0 Å². The molecule has 0 amide bonds. The second-order valence-corrected chi connectivity index (χ2v) is 8.59. The first kappa shape index (κ1) is 18.9. The number of nitrogens with zero attached hydrogens (tertiary/aromatic N) is 1. The van der Waals surface area contributed by atoms with Gasteiger partial charge in [-0.1, -0.05) is 24.3 Å². The first-order valence-electron chi connectivity index (χ1n) is 9.12. The molecular formula is C21H21FN2O3S. The van der Waals surface area contributed by atoms with Gasteiger partial charge in [0.25, 0.3) is 0 Å². The van der Waals surface area contributed by atoms with Gasteiger partial charge in [-0.3, -0.25) is 4.90 Å². The van der Waals surface area contributed by atoms with E-state index in [1.807, 2.05) is 18.2 Å². The van der Waals surface area contributed by atoms with Crippen molar-refractivity contribution in [3.8, 4) is 0 Å². The Hall–Kier alpha value is -2.48. The highest BCUT2D eigenvalue weighted by atomic mass is 32.2. The van der Waals surface area contributed by atoms with Crippen molar-refractivity contribution in [2.45, 2.75) is 23.9 Å². The summed E-state index contributed by atoms with van der Waals surface area (Å²) in [5.41, 5.74) is 2.57. The van der Waals surface area contributed by atoms with Crippen LogP contribution >= 0.6 is 0 Å². The van der Waals surface area contributed by atoms with Crippen LogP contribution in [-0.4, -0.2) is 26.4 Å². The van der Waals surface area contributed by atoms with E-state index in [1.54, 1.807) is 12.3 Å². The van der Waals surface area contributed by atoms with Crippen LogP contribution in [0.15, 0.2) is 76.2 Å². The fraction of sp³-hybridized carbons (Fsp3) is 0.238. The van der Waals surface area contributed by atoms with Crippen molar-refractivity contribution in [2.24, 2.45) is 0 Å². The van der Waals surface area contributed by atoms with Crippen molar-refractivity contribution in [1.29, 1.82) is 0 Å². The van der Waals surface area contributed by atoms with Gasteiger partial charge in [-0.25, -0.2) is 17.5 Å². The summed E-state index contributed by atoms with van der Waals surface area (Å²) < 4.78 is 46.6. The number of hydrogen-bond acceptors (Lipinski definition) is 4. The Morgan fingerprint density at radius 2 is 1.79 bits per heavy atom. The number of fused-ring (bicyclic) bond motifs is 1. The number of halogens is 1. The summed E-state index contributed by atoms with van der Waals surface area (Å²) in [6.45, 7) is 1.69. The maximum absolute atomic E-state index is 13.1. The van der Waals surface area contributed by atoms with Crippen LogP contribution in [0.1, 0.15) is 22.9 Å². The minimum atomic E-state index is -3.75. The van der Waals surface area contributed by atoms with Crippen LogP contribution in [0.2, 0.25) is 0 Å². The lowest BCUT2D eigenvalue weighted by molar-refractivity contribution is 0.160. The summed E-state index contributed by atoms with van der Waals surface area (Å²) in [7, 11) is -3.75. The van der Waals surface area contributed by atoms with Crippen LogP contribution < -0.4 is 4.72 Å². The molecule has 4 rings (SSSR count). The highest BCUT2D eigenvalue weighted by Gasteiger charge is 2.28. The third kappa shape index (κ3) is 4.01. The molecule has 5 nitrogen and oxygen atoms in total. The van der Waals surface area contributed by atoms with Gasteiger partial charge in [0, 0.05) is 19.6 Å². The van der Waals surface area contributed by atoms with Gasteiger partial charge in [0.1, 0.15) is 11.6 Å². The molecule has 1 aliphatic rings. The summed E-state index contributed by atoms with van der Waals surface area (Å²) in [6, 6.07) is 16.5. The second kappa shape index (κ2) is 7.87. The van der Waals surface area contributed by atoms with Crippen molar-refractivity contribution >= 4 is 10.0 Å². The van der Waals surface area contributed by atoms with E-state index in [1.165, 1.54) is 23.3 Å². The van der Waals surface area contributed by atoms with Crippen molar-refractivity contribution in [3.63, 3.8) is 0 Å². The van der Waals surface area contributed by atoms with Gasteiger partial charge in [-0.05, 0) is 53.9 Å². The summed E-state index contributed by atoms with van der Waals surface area (Å²) in [5, 5.41) is 0. The number of rotatable bonds is 6. The molecule has 0 bridgehead atoms. The molecule has 0 spiro atoms. The molecule has 28 heavy (non-hydrogen) atoms. The molecule has 0 fully saturated rings. The topological polar surface area (TPSA) is 62.6 Å². The molecular weight excluding hydrogens is 379 g/mol. The number of furan rings is 1. The zero-order valence-electron chi connectivity index (χ0n) is 15.2. The summed E-state index contributed by atoms with van der Waals surface area (Å²) in [4.78, 5) is 2.25. The van der Waals surface area contributed by atoms with Crippen LogP contribution in [-0.2, 0) is 23.0 Å². The Kier molecular flexibility index (Phi) is 5.30. The minimum Gasteiger partial charge on any atom is -0.468 e. The summed E-state index contributed by atoms with van der Waals surface area (Å²) >= 11 is 0. The van der Waals surface area contributed by atoms with Crippen LogP contribution in [0.4, 0.5) is 4.39 Å². The molecule has 2 heterocycles. The minimum absolute atomic E-state index is 0.0380. The number of sulfonamides is 1. The van der Waals surface area contributed by atoms with E-state index in [0.717, 1.165) is 31.6 Å². The molecule has 1 atom stereocenters. The highest BCUT2D eigenvalue weighted by Crippen LogP contribution is 2.28. The Labute approximate surface area is 163 Å². The van der Waals surface area contributed by atoms with Crippen molar-refractivity contribution in [2.75, 3.05) is 13.1 Å². The summed E-state index contributed by atoms with van der Waals surface area (Å²) in [6.07, 6.45) is 2.49. The first-order chi connectivity index (χ1) is 13.5. The molecule has 0 saturated heterocycles. The van der Waals surface area contributed by atoms with Gasteiger partial charge in [0.2, 0.25) is 10.0 Å². The molecule has 0 unspecified atom stereocenters. The second-order valence-electron chi connectivity index (χ2n) is 6.83. The van der Waals surface area contributed by atoms with Gasteiger partial charge in [0.15, 0.2) is 0 Å². The van der Waals surface area contributed by atoms with Gasteiger partial charge in [-0.2, -0.15) is 0 Å². The van der Waals surface area contributed by atoms with Gasteiger partial charge >= 0.3 is 0 Å². The predicted molar refractivity (Wildman–Crippen MR) is 104 cm³/mol. The van der Waals surface area contributed by atoms with E-state index in [0.29, 0.717) is 5.76 Å². The van der Waals surface area contributed by atoms with Gasteiger partial charge < -0.3 is 4.42 Å². The zero-order valence-corrected chi connectivity index (χ0v) is 16.0. The van der Waals surface area contributed by atoms with E-state index in [9.17, 15) is 12.8 Å². The van der Waals surface area contributed by atoms with Crippen molar-refractivity contribution < 1.29 is 17.2 Å². The molecule has 146 valence electrons. The Balaban J connectivity index is 1.54. The SMILES string of the molecule is O=S(=O)(NC[C@@H](c1ccco1)N1CCc2ccccc2C1)c1ccc(F)cc1. The van der Waals surface area contributed by atoms with Gasteiger partial charge in [0.05, 0.1) is 17.2 Å². The molecule has 1 aliphatic heterocycles. The summed E-state index contributed by atoms with van der Waals surface area (Å²) in [5.74, 6) is 0.237. The molecule has 1 N–H and O–H groups in total. The maximum atomic E-state index is 13.1. The van der Waals surface area contributed by atoms with Crippen LogP contribution in [0, 0.1) is 5.82 Å². The van der Waals surface area contributed by atoms with E-state index < -0.39 is 15.8 Å². The standard InChI is InChI=1S/C21H21FN2O3S/c22-18-7-9-19(10-8-18)28(25,26)23-14-20(21-6-3-13-27-21)24-12-11-16-4-1-2-5-17(16)15-24/h1-10,13,20,23H,11-12,14-15H2/t20-/m0/s1. The Morgan fingerprint density at radius 3 is 2.50 bits per heavy atom. The van der Waals surface area contributed by atoms with E-state index in [-0.39, 0.29) is 17.5 Å². The molecule has 2 aromatic carbocycles. The predicted octanol–water partition coefficient (Wildman–Crippen LogP) is 3.50. The van der Waals surface area contributed by atoms with Gasteiger partial charge in [-0.15, -0.1) is 0 Å². The fourth-order valence-corrected chi connectivity index (χ4v) is 4.60. The van der Waals surface area contributed by atoms with Crippen LogP contribution in [0.3, 0.4) is 0 Å². The average Bonchev–Trinajstić information content (AvgIpc) is 3.23. The molecule has 1 aromatic heterocycles. The molecule has 7 heteroatoms. The largest absolute Gasteiger partial charge is 0.468 e. The number of nitrogens with one attached hydrogen (secondary N) is 1. The monoisotopic (exact) mass is 400 g/mol.